The van der Waals surface area contributed by atoms with Crippen molar-refractivity contribution in [3.63, 3.8) is 0 Å². The van der Waals surface area contributed by atoms with Crippen molar-refractivity contribution in [3.05, 3.63) is 0 Å². The molecule has 1 N–H and O–H groups in total. The second kappa shape index (κ2) is 2.30. The Hall–Kier alpha value is -0.0400. The second-order valence-corrected chi connectivity index (χ2v) is 3.46. The van der Waals surface area contributed by atoms with Gasteiger partial charge in [0.2, 0.25) is 0 Å². The molecule has 1 heteroatoms. The molecule has 0 aromatic carbocycles. The van der Waals surface area contributed by atoms with Crippen LogP contribution in [0.1, 0.15) is 25.7 Å². The lowest BCUT2D eigenvalue weighted by Crippen LogP contribution is -2.16. The van der Waals surface area contributed by atoms with E-state index in [1.807, 2.05) is 0 Å². The van der Waals surface area contributed by atoms with E-state index in [-0.39, 0.29) is 0 Å². The van der Waals surface area contributed by atoms with Crippen molar-refractivity contribution in [2.75, 3.05) is 13.1 Å². The molecule has 0 aromatic rings. The molecule has 0 amide bonds. The van der Waals surface area contributed by atoms with Gasteiger partial charge in [0.05, 0.1) is 0 Å². The predicted molar refractivity (Wildman–Crippen MR) is 38.3 cm³/mol. The van der Waals surface area contributed by atoms with E-state index in [1.165, 1.54) is 38.8 Å². The second-order valence-electron chi connectivity index (χ2n) is 3.46. The molecule has 0 aromatic heterocycles. The van der Waals surface area contributed by atoms with Crippen LogP contribution >= 0.6 is 0 Å². The van der Waals surface area contributed by atoms with E-state index in [4.69, 9.17) is 0 Å². The first-order chi connectivity index (χ1) is 4.47. The van der Waals surface area contributed by atoms with Crippen LogP contribution in [-0.4, -0.2) is 13.1 Å². The van der Waals surface area contributed by atoms with Crippen molar-refractivity contribution in [1.29, 1.82) is 0 Å². The van der Waals surface area contributed by atoms with Crippen LogP contribution in [-0.2, 0) is 0 Å². The van der Waals surface area contributed by atoms with Gasteiger partial charge < -0.3 is 5.32 Å². The highest BCUT2D eigenvalue weighted by Gasteiger charge is 2.28. The van der Waals surface area contributed by atoms with Crippen molar-refractivity contribution >= 4 is 0 Å². The molecule has 1 heterocycles. The summed E-state index contributed by atoms with van der Waals surface area (Å²) in [5, 5.41) is 3.46. The summed E-state index contributed by atoms with van der Waals surface area (Å²) >= 11 is 0. The quantitative estimate of drug-likeness (QED) is 0.516. The third-order valence-electron chi connectivity index (χ3n) is 2.88. The highest BCUT2D eigenvalue weighted by Crippen LogP contribution is 2.31. The van der Waals surface area contributed by atoms with Crippen molar-refractivity contribution in [3.8, 4) is 0 Å². The minimum absolute atomic E-state index is 1.05. The standard InChI is InChI=1S/C8H15N/c1-2-4-8-6-9-5-7(8)3-1/h7-9H,1-6H2/t7-,8?/m1/s1. The maximum Gasteiger partial charge on any atom is -0.00173 e. The van der Waals surface area contributed by atoms with Crippen molar-refractivity contribution in [2.24, 2.45) is 11.8 Å². The van der Waals surface area contributed by atoms with Crippen LogP contribution in [0.4, 0.5) is 0 Å². The summed E-state index contributed by atoms with van der Waals surface area (Å²) < 4.78 is 0. The van der Waals surface area contributed by atoms with Crippen LogP contribution in [0, 0.1) is 11.8 Å². The lowest BCUT2D eigenvalue weighted by atomic mass is 9.82. The molecule has 9 heavy (non-hydrogen) atoms. The Morgan fingerprint density at radius 1 is 0.889 bits per heavy atom. The van der Waals surface area contributed by atoms with E-state index < -0.39 is 0 Å². The van der Waals surface area contributed by atoms with E-state index in [2.05, 4.69) is 5.32 Å². The van der Waals surface area contributed by atoms with Gasteiger partial charge in [0.1, 0.15) is 0 Å². The van der Waals surface area contributed by atoms with Gasteiger partial charge >= 0.3 is 0 Å². The van der Waals surface area contributed by atoms with E-state index >= 15 is 0 Å². The smallest absolute Gasteiger partial charge is 0.00173 e. The van der Waals surface area contributed by atoms with Crippen molar-refractivity contribution in [2.45, 2.75) is 25.7 Å². The Morgan fingerprint density at radius 3 is 2.00 bits per heavy atom. The molecule has 2 rings (SSSR count). The third-order valence-corrected chi connectivity index (χ3v) is 2.88. The molecule has 1 nitrogen and oxygen atoms in total. The molecular weight excluding hydrogens is 110 g/mol. The average Bonchev–Trinajstić information content (AvgIpc) is 2.33. The molecule has 2 aliphatic rings. The largest absolute Gasteiger partial charge is 0.316 e. The van der Waals surface area contributed by atoms with Gasteiger partial charge in [0.15, 0.2) is 0 Å². The van der Waals surface area contributed by atoms with Gasteiger partial charge in [-0.3, -0.25) is 0 Å². The molecule has 0 radical (unpaired) electrons. The summed E-state index contributed by atoms with van der Waals surface area (Å²) in [5.41, 5.74) is 0. The zero-order valence-corrected chi connectivity index (χ0v) is 5.90. The van der Waals surface area contributed by atoms with Crippen LogP contribution in [0.3, 0.4) is 0 Å². The SMILES string of the molecule is C1CC[C@@H]2CNCC2C1. The Labute approximate surface area is 56.8 Å². The molecule has 1 aliphatic carbocycles. The number of hydrogen-bond donors (Lipinski definition) is 1. The van der Waals surface area contributed by atoms with Crippen molar-refractivity contribution < 1.29 is 0 Å². The molecule has 1 aliphatic heterocycles. The minimum Gasteiger partial charge on any atom is -0.316 e. The molecule has 52 valence electrons. The first-order valence-electron chi connectivity index (χ1n) is 4.17. The van der Waals surface area contributed by atoms with Crippen LogP contribution in [0.2, 0.25) is 0 Å². The lowest BCUT2D eigenvalue weighted by molar-refractivity contribution is 0.299. The van der Waals surface area contributed by atoms with Crippen molar-refractivity contribution in [1.82, 2.24) is 5.32 Å². The fourth-order valence-electron chi connectivity index (χ4n) is 2.28. The zero-order valence-electron chi connectivity index (χ0n) is 5.90. The lowest BCUT2D eigenvalue weighted by Gasteiger charge is -2.23. The maximum atomic E-state index is 3.46. The van der Waals surface area contributed by atoms with Gasteiger partial charge in [-0.25, -0.2) is 0 Å². The number of hydrogen-bond acceptors (Lipinski definition) is 1. The molecule has 0 bridgehead atoms. The summed E-state index contributed by atoms with van der Waals surface area (Å²) in [6, 6.07) is 0. The Balaban J connectivity index is 1.97. The molecular formula is C8H15N. The van der Waals surface area contributed by atoms with Gasteiger partial charge in [0, 0.05) is 0 Å². The molecule has 1 saturated carbocycles. The Morgan fingerprint density at radius 2 is 1.44 bits per heavy atom. The average molecular weight is 125 g/mol. The fourth-order valence-corrected chi connectivity index (χ4v) is 2.28. The van der Waals surface area contributed by atoms with Crippen LogP contribution < -0.4 is 5.32 Å². The molecule has 2 atom stereocenters. The predicted octanol–water partition coefficient (Wildman–Crippen LogP) is 1.40. The summed E-state index contributed by atoms with van der Waals surface area (Å²) in [5.74, 6) is 2.11. The van der Waals surface area contributed by atoms with Crippen LogP contribution in [0.25, 0.3) is 0 Å². The fraction of sp³-hybridized carbons (Fsp3) is 1.00. The summed E-state index contributed by atoms with van der Waals surface area (Å²) in [7, 11) is 0. The normalized spacial score (nSPS) is 42.7. The summed E-state index contributed by atoms with van der Waals surface area (Å²) in [4.78, 5) is 0. The third kappa shape index (κ3) is 0.983. The molecule has 1 saturated heterocycles. The van der Waals surface area contributed by atoms with Gasteiger partial charge in [0.25, 0.3) is 0 Å². The van der Waals surface area contributed by atoms with Crippen LogP contribution in [0.5, 0.6) is 0 Å². The Bertz CT molecular complexity index is 88.7. The monoisotopic (exact) mass is 125 g/mol. The molecule has 2 fully saturated rings. The first-order valence-corrected chi connectivity index (χ1v) is 4.17. The van der Waals surface area contributed by atoms with Gasteiger partial charge in [-0.1, -0.05) is 12.8 Å². The van der Waals surface area contributed by atoms with E-state index in [0.29, 0.717) is 0 Å². The number of fused-ring (bicyclic) bond motifs is 1. The zero-order chi connectivity index (χ0) is 6.10. The number of rotatable bonds is 0. The number of nitrogens with one attached hydrogen (secondary N) is 1. The minimum atomic E-state index is 1.05. The summed E-state index contributed by atoms with van der Waals surface area (Å²) in [6.07, 6.45) is 5.97. The van der Waals surface area contributed by atoms with E-state index in [0.717, 1.165) is 11.8 Å². The summed E-state index contributed by atoms with van der Waals surface area (Å²) in [6.45, 7) is 2.62. The van der Waals surface area contributed by atoms with Gasteiger partial charge in [-0.05, 0) is 37.8 Å². The Kier molecular flexibility index (Phi) is 1.46. The molecule has 1 unspecified atom stereocenters. The van der Waals surface area contributed by atoms with Gasteiger partial charge in [-0.15, -0.1) is 0 Å². The van der Waals surface area contributed by atoms with E-state index in [1.54, 1.807) is 0 Å². The first kappa shape index (κ1) is 5.72. The van der Waals surface area contributed by atoms with Gasteiger partial charge in [-0.2, -0.15) is 0 Å². The molecule has 0 spiro atoms. The maximum absolute atomic E-state index is 3.46. The highest BCUT2D eigenvalue weighted by atomic mass is 14.9. The highest BCUT2D eigenvalue weighted by molar-refractivity contribution is 4.83. The van der Waals surface area contributed by atoms with E-state index in [9.17, 15) is 0 Å². The van der Waals surface area contributed by atoms with Crippen LogP contribution in [0.15, 0.2) is 0 Å². The topological polar surface area (TPSA) is 12.0 Å².